The molecular formula is C14H23N3S. The summed E-state index contributed by atoms with van der Waals surface area (Å²) in [6.45, 7) is 8.99. The molecule has 0 aromatic carbocycles. The van der Waals surface area contributed by atoms with Gasteiger partial charge in [-0.1, -0.05) is 0 Å². The van der Waals surface area contributed by atoms with Gasteiger partial charge in [-0.15, -0.1) is 11.3 Å². The summed E-state index contributed by atoms with van der Waals surface area (Å²) in [6, 6.07) is 0.650. The van der Waals surface area contributed by atoms with E-state index in [9.17, 15) is 0 Å². The summed E-state index contributed by atoms with van der Waals surface area (Å²) in [6.07, 6.45) is 3.97. The quantitative estimate of drug-likeness (QED) is 0.886. The van der Waals surface area contributed by atoms with Gasteiger partial charge >= 0.3 is 0 Å². The van der Waals surface area contributed by atoms with Crippen molar-refractivity contribution in [2.45, 2.75) is 52.2 Å². The van der Waals surface area contributed by atoms with Crippen LogP contribution in [0, 0.1) is 5.92 Å². The Morgan fingerprint density at radius 1 is 1.44 bits per heavy atom. The lowest BCUT2D eigenvalue weighted by Gasteiger charge is -2.29. The SMILES string of the molecule is CC(C)N1CCc2nc(CNCC3CC3)sc2C1. The third-order valence-electron chi connectivity index (χ3n) is 3.94. The summed E-state index contributed by atoms with van der Waals surface area (Å²) in [5, 5.41) is 4.82. The molecule has 1 aromatic rings. The molecule has 0 atom stereocenters. The number of hydrogen-bond acceptors (Lipinski definition) is 4. The highest BCUT2D eigenvalue weighted by Gasteiger charge is 2.23. The third kappa shape index (κ3) is 2.92. The van der Waals surface area contributed by atoms with E-state index in [2.05, 4.69) is 24.1 Å². The van der Waals surface area contributed by atoms with E-state index in [4.69, 9.17) is 4.98 Å². The maximum Gasteiger partial charge on any atom is 0.107 e. The lowest BCUT2D eigenvalue weighted by atomic mass is 10.1. The average Bonchev–Trinajstić information content (AvgIpc) is 3.07. The van der Waals surface area contributed by atoms with Crippen molar-refractivity contribution in [3.05, 3.63) is 15.6 Å². The van der Waals surface area contributed by atoms with Gasteiger partial charge in [0.25, 0.3) is 0 Å². The van der Waals surface area contributed by atoms with E-state index >= 15 is 0 Å². The van der Waals surface area contributed by atoms with Gasteiger partial charge in [0.15, 0.2) is 0 Å². The van der Waals surface area contributed by atoms with Crippen LogP contribution in [0.25, 0.3) is 0 Å². The first-order valence-corrected chi connectivity index (χ1v) is 7.96. The van der Waals surface area contributed by atoms with Crippen LogP contribution in [0.1, 0.15) is 42.3 Å². The minimum atomic E-state index is 0.650. The van der Waals surface area contributed by atoms with Crippen molar-refractivity contribution in [2.75, 3.05) is 13.1 Å². The fourth-order valence-corrected chi connectivity index (χ4v) is 3.60. The molecule has 0 saturated heterocycles. The molecule has 100 valence electrons. The molecule has 0 amide bonds. The molecular weight excluding hydrogens is 242 g/mol. The number of nitrogens with one attached hydrogen (secondary N) is 1. The predicted octanol–water partition coefficient (Wildman–Crippen LogP) is 2.41. The van der Waals surface area contributed by atoms with Crippen LogP contribution in [0.5, 0.6) is 0 Å². The van der Waals surface area contributed by atoms with Gasteiger partial charge in [0.05, 0.1) is 5.69 Å². The zero-order chi connectivity index (χ0) is 12.5. The Kier molecular flexibility index (Phi) is 3.68. The van der Waals surface area contributed by atoms with Crippen LogP contribution in [0.3, 0.4) is 0 Å². The Labute approximate surface area is 114 Å². The van der Waals surface area contributed by atoms with E-state index in [0.717, 1.165) is 25.4 Å². The van der Waals surface area contributed by atoms with Gasteiger partial charge in [-0.2, -0.15) is 0 Å². The molecule has 1 saturated carbocycles. The number of nitrogens with zero attached hydrogens (tertiary/aromatic N) is 2. The standard InChI is InChI=1S/C14H23N3S/c1-10(2)17-6-5-12-13(9-17)18-14(16-12)8-15-7-11-3-4-11/h10-11,15H,3-9H2,1-2H3. The van der Waals surface area contributed by atoms with Crippen LogP contribution in [0.2, 0.25) is 0 Å². The average molecular weight is 265 g/mol. The smallest absolute Gasteiger partial charge is 0.107 e. The highest BCUT2D eigenvalue weighted by molar-refractivity contribution is 7.11. The van der Waals surface area contributed by atoms with Crippen molar-refractivity contribution >= 4 is 11.3 Å². The second kappa shape index (κ2) is 5.27. The molecule has 2 heterocycles. The van der Waals surface area contributed by atoms with E-state index in [1.54, 1.807) is 0 Å². The molecule has 0 radical (unpaired) electrons. The van der Waals surface area contributed by atoms with E-state index in [1.807, 2.05) is 11.3 Å². The van der Waals surface area contributed by atoms with Crippen LogP contribution < -0.4 is 5.32 Å². The molecule has 2 aliphatic rings. The lowest BCUT2D eigenvalue weighted by molar-refractivity contribution is 0.205. The van der Waals surface area contributed by atoms with Crippen molar-refractivity contribution in [2.24, 2.45) is 5.92 Å². The van der Waals surface area contributed by atoms with Gasteiger partial charge in [0.2, 0.25) is 0 Å². The predicted molar refractivity (Wildman–Crippen MR) is 75.8 cm³/mol. The summed E-state index contributed by atoms with van der Waals surface area (Å²) in [5.41, 5.74) is 1.36. The molecule has 1 fully saturated rings. The highest BCUT2D eigenvalue weighted by Crippen LogP contribution is 2.28. The summed E-state index contributed by atoms with van der Waals surface area (Å²) < 4.78 is 0. The van der Waals surface area contributed by atoms with Gasteiger partial charge in [0, 0.05) is 37.0 Å². The fourth-order valence-electron chi connectivity index (χ4n) is 2.49. The molecule has 0 bridgehead atoms. The van der Waals surface area contributed by atoms with Crippen LogP contribution in [0.4, 0.5) is 0 Å². The molecule has 3 nitrogen and oxygen atoms in total. The Hall–Kier alpha value is -0.450. The van der Waals surface area contributed by atoms with Gasteiger partial charge < -0.3 is 5.32 Å². The van der Waals surface area contributed by atoms with Crippen LogP contribution in [-0.4, -0.2) is 29.0 Å². The van der Waals surface area contributed by atoms with E-state index < -0.39 is 0 Å². The van der Waals surface area contributed by atoms with Crippen molar-refractivity contribution in [3.63, 3.8) is 0 Å². The van der Waals surface area contributed by atoms with Crippen molar-refractivity contribution < 1.29 is 0 Å². The van der Waals surface area contributed by atoms with Gasteiger partial charge in [0.1, 0.15) is 5.01 Å². The minimum absolute atomic E-state index is 0.650. The monoisotopic (exact) mass is 265 g/mol. The second-order valence-electron chi connectivity index (χ2n) is 5.87. The Morgan fingerprint density at radius 2 is 2.28 bits per heavy atom. The van der Waals surface area contributed by atoms with Gasteiger partial charge in [-0.05, 0) is 39.2 Å². The van der Waals surface area contributed by atoms with Crippen molar-refractivity contribution in [3.8, 4) is 0 Å². The van der Waals surface area contributed by atoms with Crippen LogP contribution >= 0.6 is 11.3 Å². The van der Waals surface area contributed by atoms with Crippen LogP contribution in [0.15, 0.2) is 0 Å². The topological polar surface area (TPSA) is 28.2 Å². The largest absolute Gasteiger partial charge is 0.310 e. The van der Waals surface area contributed by atoms with Crippen molar-refractivity contribution in [1.82, 2.24) is 15.2 Å². The fraction of sp³-hybridized carbons (Fsp3) is 0.786. The van der Waals surface area contributed by atoms with Gasteiger partial charge in [-0.25, -0.2) is 4.98 Å². The van der Waals surface area contributed by atoms with Crippen LogP contribution in [-0.2, 0) is 19.5 Å². The number of hydrogen-bond donors (Lipinski definition) is 1. The Bertz CT molecular complexity index is 409. The molecule has 18 heavy (non-hydrogen) atoms. The molecule has 1 aliphatic heterocycles. The molecule has 1 aromatic heterocycles. The number of fused-ring (bicyclic) bond motifs is 1. The number of rotatable bonds is 5. The molecule has 1 N–H and O–H groups in total. The van der Waals surface area contributed by atoms with Crippen molar-refractivity contribution in [1.29, 1.82) is 0 Å². The second-order valence-corrected chi connectivity index (χ2v) is 7.03. The van der Waals surface area contributed by atoms with Gasteiger partial charge in [-0.3, -0.25) is 4.90 Å². The molecule has 0 spiro atoms. The molecule has 1 aliphatic carbocycles. The van der Waals surface area contributed by atoms with E-state index in [1.165, 1.54) is 41.5 Å². The maximum absolute atomic E-state index is 4.79. The molecule has 0 unspecified atom stereocenters. The summed E-state index contributed by atoms with van der Waals surface area (Å²) >= 11 is 1.91. The number of aromatic nitrogens is 1. The normalized spacial score (nSPS) is 20.4. The first-order chi connectivity index (χ1) is 8.72. The van der Waals surface area contributed by atoms with E-state index in [-0.39, 0.29) is 0 Å². The lowest BCUT2D eigenvalue weighted by Crippen LogP contribution is -2.35. The summed E-state index contributed by atoms with van der Waals surface area (Å²) in [4.78, 5) is 8.83. The highest BCUT2D eigenvalue weighted by atomic mass is 32.1. The first-order valence-electron chi connectivity index (χ1n) is 7.14. The molecule has 4 heteroatoms. The van der Waals surface area contributed by atoms with E-state index in [0.29, 0.717) is 6.04 Å². The first kappa shape index (κ1) is 12.6. The summed E-state index contributed by atoms with van der Waals surface area (Å²) in [7, 11) is 0. The minimum Gasteiger partial charge on any atom is -0.310 e. The number of thiazole rings is 1. The Balaban J connectivity index is 1.57. The maximum atomic E-state index is 4.79. The molecule has 3 rings (SSSR count). The zero-order valence-electron chi connectivity index (χ0n) is 11.4. The Morgan fingerprint density at radius 3 is 3.00 bits per heavy atom. The third-order valence-corrected chi connectivity index (χ3v) is 5.02. The zero-order valence-corrected chi connectivity index (χ0v) is 12.2. The summed E-state index contributed by atoms with van der Waals surface area (Å²) in [5.74, 6) is 0.955.